The van der Waals surface area contributed by atoms with Gasteiger partial charge in [0.15, 0.2) is 6.61 Å². The molecule has 0 radical (unpaired) electrons. The first-order valence-electron chi connectivity index (χ1n) is 7.58. The Morgan fingerprint density at radius 1 is 1.16 bits per heavy atom. The molecule has 0 aromatic heterocycles. The van der Waals surface area contributed by atoms with Crippen molar-refractivity contribution in [3.63, 3.8) is 0 Å². The largest absolute Gasteiger partial charge is 0.484 e. The van der Waals surface area contributed by atoms with E-state index in [1.165, 1.54) is 18.2 Å². The predicted octanol–water partition coefficient (Wildman–Crippen LogP) is 3.24. The van der Waals surface area contributed by atoms with E-state index in [4.69, 9.17) is 4.74 Å². The normalized spacial score (nSPS) is 12.5. The van der Waals surface area contributed by atoms with Gasteiger partial charge in [-0.3, -0.25) is 4.79 Å². The third-order valence-corrected chi connectivity index (χ3v) is 3.57. The molecule has 0 bridgehead atoms. The number of nitrogens with one attached hydrogen (secondary N) is 1. The first kappa shape index (κ1) is 18.8. The lowest BCUT2D eigenvalue weighted by Gasteiger charge is -2.18. The summed E-state index contributed by atoms with van der Waals surface area (Å²) >= 11 is 0. The van der Waals surface area contributed by atoms with Crippen molar-refractivity contribution in [1.29, 1.82) is 0 Å². The van der Waals surface area contributed by atoms with Crippen LogP contribution in [0.4, 0.5) is 13.2 Å². The lowest BCUT2D eigenvalue weighted by atomic mass is 10.0. The molecule has 0 fully saturated rings. The number of aryl methyl sites for hydroxylation is 1. The summed E-state index contributed by atoms with van der Waals surface area (Å²) in [5.74, 6) is 0.00686. The summed E-state index contributed by atoms with van der Waals surface area (Å²) in [6.45, 7) is 1.19. The quantitative estimate of drug-likeness (QED) is 0.838. The molecule has 0 aliphatic rings. The molecule has 2 aromatic carbocycles. The highest BCUT2D eigenvalue weighted by Crippen LogP contribution is 2.34. The molecule has 1 amide bonds. The van der Waals surface area contributed by atoms with Crippen molar-refractivity contribution in [2.45, 2.75) is 19.2 Å². The maximum absolute atomic E-state index is 12.9. The minimum Gasteiger partial charge on any atom is -0.484 e. The van der Waals surface area contributed by atoms with Gasteiger partial charge in [0.1, 0.15) is 5.75 Å². The number of halogens is 3. The number of benzene rings is 2. The van der Waals surface area contributed by atoms with Crippen LogP contribution in [-0.2, 0) is 11.0 Å². The molecule has 0 heterocycles. The van der Waals surface area contributed by atoms with Crippen LogP contribution < -0.4 is 10.1 Å². The molecule has 0 aliphatic heterocycles. The van der Waals surface area contributed by atoms with E-state index in [0.717, 1.165) is 11.6 Å². The zero-order valence-corrected chi connectivity index (χ0v) is 13.5. The average Bonchev–Trinajstić information content (AvgIpc) is 2.58. The molecule has 2 N–H and O–H groups in total. The van der Waals surface area contributed by atoms with Crippen LogP contribution >= 0.6 is 0 Å². The Labute approximate surface area is 143 Å². The summed E-state index contributed by atoms with van der Waals surface area (Å²) in [5.41, 5.74) is -0.350. The fourth-order valence-electron chi connectivity index (χ4n) is 2.28. The van der Waals surface area contributed by atoms with Crippen molar-refractivity contribution in [3.8, 4) is 5.75 Å². The van der Waals surface area contributed by atoms with Crippen molar-refractivity contribution in [2.75, 3.05) is 13.2 Å². The minimum atomic E-state index is -4.57. The highest BCUT2D eigenvalue weighted by molar-refractivity contribution is 5.77. The van der Waals surface area contributed by atoms with Crippen LogP contribution in [-0.4, -0.2) is 24.2 Å². The van der Waals surface area contributed by atoms with E-state index in [1.54, 1.807) is 12.1 Å². The van der Waals surface area contributed by atoms with Gasteiger partial charge in [0, 0.05) is 6.54 Å². The Morgan fingerprint density at radius 2 is 1.80 bits per heavy atom. The van der Waals surface area contributed by atoms with Crippen LogP contribution in [0.15, 0.2) is 48.5 Å². The number of alkyl halides is 3. The Balaban J connectivity index is 1.91. The second-order valence-corrected chi connectivity index (χ2v) is 5.46. The number of amides is 1. The van der Waals surface area contributed by atoms with E-state index in [0.29, 0.717) is 5.75 Å². The zero-order valence-electron chi connectivity index (χ0n) is 13.5. The molecular weight excluding hydrogens is 335 g/mol. The van der Waals surface area contributed by atoms with Gasteiger partial charge in [-0.2, -0.15) is 13.2 Å². The Morgan fingerprint density at radius 3 is 2.48 bits per heavy atom. The highest BCUT2D eigenvalue weighted by Gasteiger charge is 2.34. The highest BCUT2D eigenvalue weighted by atomic mass is 19.4. The van der Waals surface area contributed by atoms with Gasteiger partial charge in [-0.1, -0.05) is 36.4 Å². The summed E-state index contributed by atoms with van der Waals surface area (Å²) in [6, 6.07) is 11.8. The molecule has 1 atom stereocenters. The second kappa shape index (κ2) is 8.02. The SMILES string of the molecule is Cc1ccccc1OCC(=O)NCC(O)c1ccccc1C(F)(F)F. The monoisotopic (exact) mass is 353 g/mol. The number of rotatable bonds is 6. The van der Waals surface area contributed by atoms with E-state index in [1.807, 2.05) is 19.1 Å². The minimum absolute atomic E-state index is 0.282. The van der Waals surface area contributed by atoms with E-state index in [-0.39, 0.29) is 18.7 Å². The second-order valence-electron chi connectivity index (χ2n) is 5.46. The molecule has 2 rings (SSSR count). The molecule has 134 valence electrons. The number of aliphatic hydroxyl groups is 1. The van der Waals surface area contributed by atoms with Gasteiger partial charge in [0.25, 0.3) is 5.91 Å². The molecule has 4 nitrogen and oxygen atoms in total. The van der Waals surface area contributed by atoms with Crippen molar-refractivity contribution >= 4 is 5.91 Å². The summed E-state index contributed by atoms with van der Waals surface area (Å²) in [7, 11) is 0. The van der Waals surface area contributed by atoms with Crippen LogP contribution in [0.3, 0.4) is 0 Å². The fraction of sp³-hybridized carbons (Fsp3) is 0.278. The number of hydrogen-bond acceptors (Lipinski definition) is 3. The van der Waals surface area contributed by atoms with Crippen LogP contribution in [0.2, 0.25) is 0 Å². The third kappa shape index (κ3) is 5.22. The molecule has 7 heteroatoms. The Hall–Kier alpha value is -2.54. The van der Waals surface area contributed by atoms with Gasteiger partial charge in [-0.25, -0.2) is 0 Å². The zero-order chi connectivity index (χ0) is 18.4. The fourth-order valence-corrected chi connectivity index (χ4v) is 2.28. The molecule has 1 unspecified atom stereocenters. The maximum atomic E-state index is 12.9. The standard InChI is InChI=1S/C18H18F3NO3/c1-12-6-2-5-9-16(12)25-11-17(24)22-10-15(23)13-7-3-4-8-14(13)18(19,20)21/h2-9,15,23H,10-11H2,1H3,(H,22,24). The number of aliphatic hydroxyl groups excluding tert-OH is 1. The molecule has 2 aromatic rings. The van der Waals surface area contributed by atoms with Crippen LogP contribution in [0.1, 0.15) is 22.8 Å². The lowest BCUT2D eigenvalue weighted by molar-refractivity contribution is -0.139. The number of carbonyl (C=O) groups excluding carboxylic acids is 1. The van der Waals surface area contributed by atoms with E-state index in [2.05, 4.69) is 5.32 Å². The molecule has 0 saturated carbocycles. The Kier molecular flexibility index (Phi) is 6.03. The van der Waals surface area contributed by atoms with Crippen molar-refractivity contribution in [1.82, 2.24) is 5.32 Å². The third-order valence-electron chi connectivity index (χ3n) is 3.57. The van der Waals surface area contributed by atoms with Gasteiger partial charge in [-0.05, 0) is 30.2 Å². The lowest BCUT2D eigenvalue weighted by Crippen LogP contribution is -2.33. The van der Waals surface area contributed by atoms with Gasteiger partial charge >= 0.3 is 6.18 Å². The van der Waals surface area contributed by atoms with Crippen molar-refractivity contribution in [2.24, 2.45) is 0 Å². The first-order valence-corrected chi connectivity index (χ1v) is 7.58. The number of hydrogen-bond donors (Lipinski definition) is 2. The number of para-hydroxylation sites is 1. The predicted molar refractivity (Wildman–Crippen MR) is 86.1 cm³/mol. The number of carbonyl (C=O) groups is 1. The van der Waals surface area contributed by atoms with Crippen LogP contribution in [0.5, 0.6) is 5.75 Å². The summed E-state index contributed by atoms with van der Waals surface area (Å²) < 4.78 is 44.1. The van der Waals surface area contributed by atoms with Gasteiger partial charge in [-0.15, -0.1) is 0 Å². The summed E-state index contributed by atoms with van der Waals surface area (Å²) in [5, 5.41) is 12.4. The summed E-state index contributed by atoms with van der Waals surface area (Å²) in [6.07, 6.45) is -6.05. The Bertz CT molecular complexity index is 732. The van der Waals surface area contributed by atoms with Crippen molar-refractivity contribution in [3.05, 3.63) is 65.2 Å². The molecule has 0 aliphatic carbocycles. The summed E-state index contributed by atoms with van der Waals surface area (Å²) in [4.78, 5) is 11.8. The van der Waals surface area contributed by atoms with Gasteiger partial charge in [0.05, 0.1) is 11.7 Å². The van der Waals surface area contributed by atoms with Crippen LogP contribution in [0.25, 0.3) is 0 Å². The van der Waals surface area contributed by atoms with E-state index in [9.17, 15) is 23.1 Å². The van der Waals surface area contributed by atoms with E-state index < -0.39 is 23.8 Å². The van der Waals surface area contributed by atoms with Gasteiger partial charge in [0.2, 0.25) is 0 Å². The van der Waals surface area contributed by atoms with E-state index >= 15 is 0 Å². The first-order chi connectivity index (χ1) is 11.8. The number of ether oxygens (including phenoxy) is 1. The smallest absolute Gasteiger partial charge is 0.416 e. The average molecular weight is 353 g/mol. The molecule has 0 saturated heterocycles. The molecule has 25 heavy (non-hydrogen) atoms. The molecule has 0 spiro atoms. The molecular formula is C18H18F3NO3. The van der Waals surface area contributed by atoms with Crippen molar-refractivity contribution < 1.29 is 27.8 Å². The maximum Gasteiger partial charge on any atom is 0.416 e. The van der Waals surface area contributed by atoms with Gasteiger partial charge < -0.3 is 15.2 Å². The topological polar surface area (TPSA) is 58.6 Å². The van der Waals surface area contributed by atoms with Crippen LogP contribution in [0, 0.1) is 6.92 Å².